The van der Waals surface area contributed by atoms with Crippen LogP contribution >= 0.6 is 11.6 Å². The van der Waals surface area contributed by atoms with Gasteiger partial charge in [0.05, 0.1) is 0 Å². The van der Waals surface area contributed by atoms with Crippen molar-refractivity contribution in [1.29, 1.82) is 0 Å². The van der Waals surface area contributed by atoms with Crippen LogP contribution in [-0.2, 0) is 4.79 Å². The quantitative estimate of drug-likeness (QED) is 0.853. The predicted molar refractivity (Wildman–Crippen MR) is 105 cm³/mol. The zero-order valence-electron chi connectivity index (χ0n) is 15.5. The van der Waals surface area contributed by atoms with Gasteiger partial charge in [0.25, 0.3) is 0 Å². The summed E-state index contributed by atoms with van der Waals surface area (Å²) in [7, 11) is 0. The molecule has 1 N–H and O–H groups in total. The molecule has 2 aliphatic heterocycles. The topological polar surface area (TPSA) is 52.7 Å². The minimum Gasteiger partial charge on any atom is -0.343 e. The Morgan fingerprint density at radius 2 is 1.77 bits per heavy atom. The molecule has 2 fully saturated rings. The number of nitrogens with one attached hydrogen (secondary N) is 1. The van der Waals surface area contributed by atoms with Crippen LogP contribution in [-0.4, -0.2) is 47.9 Å². The summed E-state index contributed by atoms with van der Waals surface area (Å²) in [6.07, 6.45) is 5.91. The first-order valence-corrected chi connectivity index (χ1v) is 10.0. The molecule has 0 aliphatic carbocycles. The number of anilines is 1. The molecule has 0 bridgehead atoms. The smallest absolute Gasteiger partial charge is 0.321 e. The van der Waals surface area contributed by atoms with Crippen LogP contribution in [0.2, 0.25) is 5.02 Å². The van der Waals surface area contributed by atoms with Gasteiger partial charge in [0, 0.05) is 43.3 Å². The summed E-state index contributed by atoms with van der Waals surface area (Å²) in [6.45, 7) is 5.13. The van der Waals surface area contributed by atoms with Gasteiger partial charge in [-0.15, -0.1) is 0 Å². The monoisotopic (exact) mass is 377 g/mol. The first kappa shape index (κ1) is 19.0. The lowest BCUT2D eigenvalue weighted by atomic mass is 9.92. The molecule has 0 unspecified atom stereocenters. The molecule has 0 aromatic heterocycles. The number of halogens is 1. The van der Waals surface area contributed by atoms with Crippen LogP contribution in [0.3, 0.4) is 0 Å². The summed E-state index contributed by atoms with van der Waals surface area (Å²) < 4.78 is 0. The van der Waals surface area contributed by atoms with E-state index in [0.717, 1.165) is 50.0 Å². The number of piperidine rings is 2. The molecule has 0 atom stereocenters. The molecular weight excluding hydrogens is 350 g/mol. The zero-order valence-corrected chi connectivity index (χ0v) is 16.2. The number of nitrogens with zero attached hydrogens (tertiary/aromatic N) is 2. The Labute approximate surface area is 160 Å². The Morgan fingerprint density at radius 3 is 2.46 bits per heavy atom. The standard InChI is InChI=1S/C20H28ClN3O2/c1-15-17(21)6-5-7-18(15)22-20(26)24-12-8-16(9-13-24)14-19(25)23-10-3-2-4-11-23/h5-7,16H,2-4,8-14H2,1H3,(H,22,26). The molecule has 2 aliphatic rings. The number of urea groups is 1. The van der Waals surface area contributed by atoms with E-state index in [-0.39, 0.29) is 6.03 Å². The molecule has 0 spiro atoms. The number of likely N-dealkylation sites (tertiary alicyclic amines) is 2. The van der Waals surface area contributed by atoms with Gasteiger partial charge in [-0.3, -0.25) is 4.79 Å². The van der Waals surface area contributed by atoms with E-state index < -0.39 is 0 Å². The van der Waals surface area contributed by atoms with Crippen molar-refractivity contribution in [3.8, 4) is 0 Å². The summed E-state index contributed by atoms with van der Waals surface area (Å²) in [5.41, 5.74) is 1.63. The maximum atomic E-state index is 12.5. The van der Waals surface area contributed by atoms with Crippen molar-refractivity contribution in [2.75, 3.05) is 31.5 Å². The van der Waals surface area contributed by atoms with Crippen molar-refractivity contribution in [2.24, 2.45) is 5.92 Å². The first-order chi connectivity index (χ1) is 12.5. The Hall–Kier alpha value is -1.75. The van der Waals surface area contributed by atoms with Crippen molar-refractivity contribution in [3.05, 3.63) is 28.8 Å². The van der Waals surface area contributed by atoms with Crippen LogP contribution in [0, 0.1) is 12.8 Å². The predicted octanol–water partition coefficient (Wildman–Crippen LogP) is 4.29. The van der Waals surface area contributed by atoms with Crippen LogP contribution < -0.4 is 5.32 Å². The van der Waals surface area contributed by atoms with Crippen molar-refractivity contribution in [3.63, 3.8) is 0 Å². The number of hydrogen-bond acceptors (Lipinski definition) is 2. The Bertz CT molecular complexity index is 650. The summed E-state index contributed by atoms with van der Waals surface area (Å²) in [6, 6.07) is 5.43. The fraction of sp³-hybridized carbons (Fsp3) is 0.600. The van der Waals surface area contributed by atoms with E-state index in [1.54, 1.807) is 0 Å². The van der Waals surface area contributed by atoms with E-state index in [1.165, 1.54) is 6.42 Å². The number of rotatable bonds is 3. The molecule has 3 rings (SSSR count). The van der Waals surface area contributed by atoms with Crippen molar-refractivity contribution in [2.45, 2.75) is 45.4 Å². The molecule has 1 aromatic rings. The summed E-state index contributed by atoms with van der Waals surface area (Å²) >= 11 is 6.11. The number of carbonyl (C=O) groups is 2. The minimum atomic E-state index is -0.0869. The average Bonchev–Trinajstić information content (AvgIpc) is 2.66. The fourth-order valence-electron chi connectivity index (χ4n) is 3.80. The van der Waals surface area contributed by atoms with Gasteiger partial charge in [-0.2, -0.15) is 0 Å². The van der Waals surface area contributed by atoms with E-state index in [2.05, 4.69) is 5.32 Å². The Balaban J connectivity index is 1.46. The zero-order chi connectivity index (χ0) is 18.5. The molecule has 142 valence electrons. The third kappa shape index (κ3) is 4.70. The van der Waals surface area contributed by atoms with E-state index >= 15 is 0 Å². The lowest BCUT2D eigenvalue weighted by Gasteiger charge is -2.33. The van der Waals surface area contributed by atoms with E-state index in [0.29, 0.717) is 36.4 Å². The highest BCUT2D eigenvalue weighted by atomic mass is 35.5. The number of benzene rings is 1. The summed E-state index contributed by atoms with van der Waals surface area (Å²) in [5.74, 6) is 0.684. The number of hydrogen-bond donors (Lipinski definition) is 1. The second-order valence-electron chi connectivity index (χ2n) is 7.42. The van der Waals surface area contributed by atoms with E-state index in [1.807, 2.05) is 34.9 Å². The highest BCUT2D eigenvalue weighted by Crippen LogP contribution is 2.25. The second kappa shape index (κ2) is 8.76. The average molecular weight is 378 g/mol. The van der Waals surface area contributed by atoms with Gasteiger partial charge in [0.1, 0.15) is 0 Å². The molecule has 0 saturated carbocycles. The summed E-state index contributed by atoms with van der Waals surface area (Å²) in [5, 5.41) is 3.61. The largest absolute Gasteiger partial charge is 0.343 e. The van der Waals surface area contributed by atoms with Gasteiger partial charge in [-0.05, 0) is 62.6 Å². The van der Waals surface area contributed by atoms with Gasteiger partial charge in [0.15, 0.2) is 0 Å². The van der Waals surface area contributed by atoms with Crippen LogP contribution in [0.4, 0.5) is 10.5 Å². The molecule has 5 nitrogen and oxygen atoms in total. The molecule has 2 saturated heterocycles. The van der Waals surface area contributed by atoms with Crippen molar-refractivity contribution in [1.82, 2.24) is 9.80 Å². The van der Waals surface area contributed by atoms with Crippen LogP contribution in [0.1, 0.15) is 44.1 Å². The maximum Gasteiger partial charge on any atom is 0.321 e. The Kier molecular flexibility index (Phi) is 6.41. The molecule has 26 heavy (non-hydrogen) atoms. The lowest BCUT2D eigenvalue weighted by Crippen LogP contribution is -2.42. The highest BCUT2D eigenvalue weighted by Gasteiger charge is 2.26. The second-order valence-corrected chi connectivity index (χ2v) is 7.83. The van der Waals surface area contributed by atoms with E-state index in [9.17, 15) is 9.59 Å². The third-order valence-electron chi connectivity index (χ3n) is 5.58. The lowest BCUT2D eigenvalue weighted by molar-refractivity contribution is -0.133. The summed E-state index contributed by atoms with van der Waals surface area (Å²) in [4.78, 5) is 28.8. The third-order valence-corrected chi connectivity index (χ3v) is 5.99. The van der Waals surface area contributed by atoms with Gasteiger partial charge in [-0.1, -0.05) is 17.7 Å². The van der Waals surface area contributed by atoms with Crippen LogP contribution in [0.5, 0.6) is 0 Å². The minimum absolute atomic E-state index is 0.0869. The van der Waals surface area contributed by atoms with Crippen molar-refractivity contribution >= 4 is 29.2 Å². The SMILES string of the molecule is Cc1c(Cl)cccc1NC(=O)N1CCC(CC(=O)N2CCCCC2)CC1. The number of carbonyl (C=O) groups excluding carboxylic acids is 2. The van der Waals surface area contributed by atoms with Gasteiger partial charge < -0.3 is 15.1 Å². The molecule has 1 aromatic carbocycles. The van der Waals surface area contributed by atoms with E-state index in [4.69, 9.17) is 11.6 Å². The van der Waals surface area contributed by atoms with Crippen LogP contribution in [0.25, 0.3) is 0 Å². The molecular formula is C20H28ClN3O2. The van der Waals surface area contributed by atoms with Gasteiger partial charge >= 0.3 is 6.03 Å². The van der Waals surface area contributed by atoms with Crippen LogP contribution in [0.15, 0.2) is 18.2 Å². The molecule has 2 heterocycles. The van der Waals surface area contributed by atoms with Crippen molar-refractivity contribution < 1.29 is 9.59 Å². The molecule has 3 amide bonds. The molecule has 6 heteroatoms. The number of amides is 3. The molecule has 0 radical (unpaired) electrons. The normalized spacial score (nSPS) is 18.7. The maximum absolute atomic E-state index is 12.5. The van der Waals surface area contributed by atoms with Gasteiger partial charge in [-0.25, -0.2) is 4.79 Å². The fourth-order valence-corrected chi connectivity index (χ4v) is 3.97. The first-order valence-electron chi connectivity index (χ1n) is 9.63. The van der Waals surface area contributed by atoms with Gasteiger partial charge in [0.2, 0.25) is 5.91 Å². The highest BCUT2D eigenvalue weighted by molar-refractivity contribution is 6.31. The Morgan fingerprint density at radius 1 is 1.08 bits per heavy atom.